The van der Waals surface area contributed by atoms with Crippen molar-refractivity contribution in [2.45, 2.75) is 25.3 Å². The van der Waals surface area contributed by atoms with Gasteiger partial charge in [0, 0.05) is 25.7 Å². The SMILES string of the molecule is N#Cc1ccc(OCCN2CC3CCCC(N)C3C2)cc1. The molecule has 4 nitrogen and oxygen atoms in total. The summed E-state index contributed by atoms with van der Waals surface area (Å²) in [5.74, 6) is 2.32. The lowest BCUT2D eigenvalue weighted by molar-refractivity contribution is 0.229. The van der Waals surface area contributed by atoms with Crippen LogP contribution in [-0.2, 0) is 0 Å². The average Bonchev–Trinajstić information content (AvgIpc) is 2.92. The van der Waals surface area contributed by atoms with Crippen molar-refractivity contribution in [3.63, 3.8) is 0 Å². The molecule has 1 aliphatic heterocycles. The maximum absolute atomic E-state index is 8.76. The van der Waals surface area contributed by atoms with E-state index in [1.54, 1.807) is 12.1 Å². The number of likely N-dealkylation sites (tertiary alicyclic amines) is 1. The Labute approximate surface area is 126 Å². The molecule has 3 rings (SSSR count). The number of hydrogen-bond acceptors (Lipinski definition) is 4. The number of hydrogen-bond donors (Lipinski definition) is 1. The third-order valence-electron chi connectivity index (χ3n) is 4.89. The Balaban J connectivity index is 1.44. The number of rotatable bonds is 4. The molecule has 0 bridgehead atoms. The van der Waals surface area contributed by atoms with Gasteiger partial charge in [-0.25, -0.2) is 0 Å². The van der Waals surface area contributed by atoms with Crippen LogP contribution in [0.4, 0.5) is 0 Å². The van der Waals surface area contributed by atoms with Crippen LogP contribution in [0.15, 0.2) is 24.3 Å². The van der Waals surface area contributed by atoms with Crippen molar-refractivity contribution in [3.8, 4) is 11.8 Å². The molecule has 1 saturated carbocycles. The second-order valence-electron chi connectivity index (χ2n) is 6.26. The van der Waals surface area contributed by atoms with Gasteiger partial charge in [-0.2, -0.15) is 5.26 Å². The summed E-state index contributed by atoms with van der Waals surface area (Å²) in [6, 6.07) is 9.81. The Kier molecular flexibility index (Phi) is 4.42. The van der Waals surface area contributed by atoms with Crippen molar-refractivity contribution in [1.82, 2.24) is 4.90 Å². The van der Waals surface area contributed by atoms with Crippen LogP contribution in [-0.4, -0.2) is 37.2 Å². The molecular weight excluding hydrogens is 262 g/mol. The fraction of sp³-hybridized carbons (Fsp3) is 0.588. The zero-order valence-corrected chi connectivity index (χ0v) is 12.4. The van der Waals surface area contributed by atoms with E-state index in [9.17, 15) is 0 Å². The van der Waals surface area contributed by atoms with E-state index >= 15 is 0 Å². The van der Waals surface area contributed by atoms with Crippen molar-refractivity contribution < 1.29 is 4.74 Å². The summed E-state index contributed by atoms with van der Waals surface area (Å²) in [7, 11) is 0. The first-order chi connectivity index (χ1) is 10.3. The molecule has 0 spiro atoms. The predicted octanol–water partition coefficient (Wildman–Crippen LogP) is 2.00. The van der Waals surface area contributed by atoms with Gasteiger partial charge in [-0.3, -0.25) is 4.90 Å². The smallest absolute Gasteiger partial charge is 0.119 e. The van der Waals surface area contributed by atoms with Crippen LogP contribution in [0.5, 0.6) is 5.75 Å². The van der Waals surface area contributed by atoms with Gasteiger partial charge in [-0.05, 0) is 48.9 Å². The molecule has 1 aromatic carbocycles. The summed E-state index contributed by atoms with van der Waals surface area (Å²) in [6.45, 7) is 3.96. The Morgan fingerprint density at radius 2 is 2.05 bits per heavy atom. The molecule has 0 amide bonds. The van der Waals surface area contributed by atoms with E-state index in [2.05, 4.69) is 11.0 Å². The molecule has 0 aromatic heterocycles. The highest BCUT2D eigenvalue weighted by Gasteiger charge is 2.38. The first-order valence-electron chi connectivity index (χ1n) is 7.87. The van der Waals surface area contributed by atoms with E-state index in [0.29, 0.717) is 24.1 Å². The van der Waals surface area contributed by atoms with Crippen LogP contribution in [0.2, 0.25) is 0 Å². The lowest BCUT2D eigenvalue weighted by Crippen LogP contribution is -2.38. The van der Waals surface area contributed by atoms with Crippen molar-refractivity contribution in [2.75, 3.05) is 26.2 Å². The second-order valence-corrected chi connectivity index (χ2v) is 6.26. The zero-order chi connectivity index (χ0) is 14.7. The minimum atomic E-state index is 0.396. The summed E-state index contributed by atoms with van der Waals surface area (Å²) in [5, 5.41) is 8.76. The van der Waals surface area contributed by atoms with Crippen LogP contribution in [0, 0.1) is 23.2 Å². The quantitative estimate of drug-likeness (QED) is 0.919. The minimum Gasteiger partial charge on any atom is -0.492 e. The maximum Gasteiger partial charge on any atom is 0.119 e. The highest BCUT2D eigenvalue weighted by atomic mass is 16.5. The van der Waals surface area contributed by atoms with Gasteiger partial charge in [0.2, 0.25) is 0 Å². The van der Waals surface area contributed by atoms with Crippen LogP contribution in [0.25, 0.3) is 0 Å². The fourth-order valence-electron chi connectivity index (χ4n) is 3.71. The molecule has 21 heavy (non-hydrogen) atoms. The normalized spacial score (nSPS) is 28.9. The molecule has 1 aromatic rings. The average molecular weight is 285 g/mol. The van der Waals surface area contributed by atoms with Gasteiger partial charge < -0.3 is 10.5 Å². The Morgan fingerprint density at radius 1 is 1.24 bits per heavy atom. The van der Waals surface area contributed by atoms with Gasteiger partial charge in [0.1, 0.15) is 12.4 Å². The molecule has 2 aliphatic rings. The van der Waals surface area contributed by atoms with Gasteiger partial charge in [0.15, 0.2) is 0 Å². The largest absolute Gasteiger partial charge is 0.492 e. The highest BCUT2D eigenvalue weighted by molar-refractivity contribution is 5.34. The van der Waals surface area contributed by atoms with Gasteiger partial charge >= 0.3 is 0 Å². The van der Waals surface area contributed by atoms with Gasteiger partial charge in [-0.15, -0.1) is 0 Å². The topological polar surface area (TPSA) is 62.3 Å². The number of nitrogens with zero attached hydrogens (tertiary/aromatic N) is 2. The van der Waals surface area contributed by atoms with E-state index < -0.39 is 0 Å². The first-order valence-corrected chi connectivity index (χ1v) is 7.87. The number of nitriles is 1. The summed E-state index contributed by atoms with van der Waals surface area (Å²) in [6.07, 6.45) is 3.82. The molecule has 3 unspecified atom stereocenters. The van der Waals surface area contributed by atoms with Crippen molar-refractivity contribution >= 4 is 0 Å². The van der Waals surface area contributed by atoms with Gasteiger partial charge in [0.25, 0.3) is 0 Å². The minimum absolute atomic E-state index is 0.396. The molecule has 1 aliphatic carbocycles. The summed E-state index contributed by atoms with van der Waals surface area (Å²) in [4.78, 5) is 2.49. The molecule has 0 radical (unpaired) electrons. The molecule has 112 valence electrons. The van der Waals surface area contributed by atoms with Crippen molar-refractivity contribution in [3.05, 3.63) is 29.8 Å². The first kappa shape index (κ1) is 14.4. The Morgan fingerprint density at radius 3 is 2.76 bits per heavy atom. The second kappa shape index (κ2) is 6.46. The maximum atomic E-state index is 8.76. The van der Waals surface area contributed by atoms with Crippen LogP contribution in [0.3, 0.4) is 0 Å². The summed E-state index contributed by atoms with van der Waals surface area (Å²) >= 11 is 0. The van der Waals surface area contributed by atoms with Crippen molar-refractivity contribution in [1.29, 1.82) is 5.26 Å². The van der Waals surface area contributed by atoms with Crippen molar-refractivity contribution in [2.24, 2.45) is 17.6 Å². The van der Waals surface area contributed by atoms with E-state index in [1.165, 1.54) is 25.8 Å². The zero-order valence-electron chi connectivity index (χ0n) is 12.4. The third-order valence-corrected chi connectivity index (χ3v) is 4.89. The summed E-state index contributed by atoms with van der Waals surface area (Å²) in [5.41, 5.74) is 6.91. The Hall–Kier alpha value is -1.57. The lowest BCUT2D eigenvalue weighted by Gasteiger charge is -2.29. The molecular formula is C17H23N3O. The van der Waals surface area contributed by atoms with E-state index in [0.717, 1.165) is 24.8 Å². The third kappa shape index (κ3) is 3.37. The van der Waals surface area contributed by atoms with E-state index in [4.69, 9.17) is 15.7 Å². The van der Waals surface area contributed by atoms with Gasteiger partial charge in [-0.1, -0.05) is 6.42 Å². The number of benzene rings is 1. The van der Waals surface area contributed by atoms with E-state index in [1.807, 2.05) is 12.1 Å². The molecule has 2 N–H and O–H groups in total. The molecule has 1 saturated heterocycles. The van der Waals surface area contributed by atoms with Gasteiger partial charge in [0.05, 0.1) is 11.6 Å². The lowest BCUT2D eigenvalue weighted by atomic mass is 9.78. The molecule has 4 heteroatoms. The highest BCUT2D eigenvalue weighted by Crippen LogP contribution is 2.35. The van der Waals surface area contributed by atoms with E-state index in [-0.39, 0.29) is 0 Å². The summed E-state index contributed by atoms with van der Waals surface area (Å²) < 4.78 is 5.77. The molecule has 1 heterocycles. The standard InChI is InChI=1S/C17H23N3O/c18-10-13-4-6-15(7-5-13)21-9-8-20-11-14-2-1-3-17(19)16(14)12-20/h4-7,14,16-17H,1-3,8-9,11-12,19H2. The predicted molar refractivity (Wildman–Crippen MR) is 81.9 cm³/mol. The molecule has 3 atom stereocenters. The number of nitrogens with two attached hydrogens (primary N) is 1. The monoisotopic (exact) mass is 285 g/mol. The van der Waals surface area contributed by atoms with Crippen LogP contribution >= 0.6 is 0 Å². The fourth-order valence-corrected chi connectivity index (χ4v) is 3.71. The molecule has 2 fully saturated rings. The van der Waals surface area contributed by atoms with Crippen LogP contribution < -0.4 is 10.5 Å². The Bertz CT molecular complexity index is 508. The number of fused-ring (bicyclic) bond motifs is 1. The van der Waals surface area contributed by atoms with Crippen LogP contribution in [0.1, 0.15) is 24.8 Å². The number of ether oxygens (including phenoxy) is 1.